The Kier molecular flexibility index (Phi) is 4.41. The van der Waals surface area contributed by atoms with Gasteiger partial charge in [0.05, 0.1) is 12.1 Å². The van der Waals surface area contributed by atoms with E-state index in [0.717, 1.165) is 12.8 Å². The van der Waals surface area contributed by atoms with Gasteiger partial charge in [0.1, 0.15) is 0 Å². The average molecular weight is 208 g/mol. The molecule has 0 aromatic rings. The van der Waals surface area contributed by atoms with Gasteiger partial charge in [0.25, 0.3) is 0 Å². The van der Waals surface area contributed by atoms with Crippen LogP contribution in [0, 0.1) is 5.92 Å². The van der Waals surface area contributed by atoms with Crippen molar-refractivity contribution in [3.05, 3.63) is 0 Å². The molecule has 1 aliphatic rings. The first-order valence-electron chi connectivity index (χ1n) is 5.35. The van der Waals surface area contributed by atoms with Gasteiger partial charge in [-0.1, -0.05) is 19.3 Å². The number of hydrogen-bond acceptors (Lipinski definition) is 4. The number of aliphatic imine (C=N–C) groups is 2. The van der Waals surface area contributed by atoms with Crippen LogP contribution in [-0.2, 0) is 9.59 Å². The average Bonchev–Trinajstić information content (AvgIpc) is 2.28. The van der Waals surface area contributed by atoms with Crippen LogP contribution in [0.15, 0.2) is 9.98 Å². The van der Waals surface area contributed by atoms with E-state index < -0.39 is 5.54 Å². The molecule has 1 rings (SSSR count). The molecule has 4 nitrogen and oxygen atoms in total. The van der Waals surface area contributed by atoms with Gasteiger partial charge in [0.2, 0.25) is 12.2 Å². The summed E-state index contributed by atoms with van der Waals surface area (Å²) >= 11 is 0. The molecule has 0 spiro atoms. The van der Waals surface area contributed by atoms with E-state index >= 15 is 0 Å². The molecule has 0 bridgehead atoms. The SMILES string of the molecule is CC(CN=C=O)(N=C=O)C1CCCCC1. The van der Waals surface area contributed by atoms with Gasteiger partial charge in [0.15, 0.2) is 0 Å². The molecule has 1 atom stereocenters. The van der Waals surface area contributed by atoms with E-state index in [-0.39, 0.29) is 6.54 Å². The topological polar surface area (TPSA) is 58.9 Å². The lowest BCUT2D eigenvalue weighted by atomic mass is 9.76. The van der Waals surface area contributed by atoms with E-state index in [4.69, 9.17) is 0 Å². The second-order valence-electron chi connectivity index (χ2n) is 4.30. The van der Waals surface area contributed by atoms with Crippen LogP contribution in [0.4, 0.5) is 0 Å². The molecule has 0 radical (unpaired) electrons. The number of isocyanates is 2. The summed E-state index contributed by atoms with van der Waals surface area (Å²) in [6, 6.07) is 0. The number of rotatable bonds is 4. The van der Waals surface area contributed by atoms with E-state index in [9.17, 15) is 9.59 Å². The molecule has 15 heavy (non-hydrogen) atoms. The lowest BCUT2D eigenvalue weighted by Gasteiger charge is -2.34. The van der Waals surface area contributed by atoms with E-state index in [1.807, 2.05) is 6.92 Å². The minimum atomic E-state index is -0.556. The number of nitrogens with zero attached hydrogens (tertiary/aromatic N) is 2. The van der Waals surface area contributed by atoms with Crippen LogP contribution in [0.2, 0.25) is 0 Å². The van der Waals surface area contributed by atoms with Crippen molar-refractivity contribution >= 4 is 12.2 Å². The second-order valence-corrected chi connectivity index (χ2v) is 4.30. The standard InChI is InChI=1S/C11H16N2O2/c1-11(13-9-15,7-12-8-14)10-5-3-2-4-6-10/h10H,2-7H2,1H3. The van der Waals surface area contributed by atoms with Crippen LogP contribution in [0.5, 0.6) is 0 Å². The Morgan fingerprint density at radius 3 is 2.40 bits per heavy atom. The largest absolute Gasteiger partial charge is 0.235 e. The summed E-state index contributed by atoms with van der Waals surface area (Å²) in [7, 11) is 0. The predicted molar refractivity (Wildman–Crippen MR) is 56.1 cm³/mol. The van der Waals surface area contributed by atoms with Crippen LogP contribution < -0.4 is 0 Å². The second kappa shape index (κ2) is 5.59. The van der Waals surface area contributed by atoms with Crippen LogP contribution in [0.25, 0.3) is 0 Å². The zero-order valence-corrected chi connectivity index (χ0v) is 9.03. The summed E-state index contributed by atoms with van der Waals surface area (Å²) in [6.45, 7) is 2.12. The molecule has 1 fully saturated rings. The monoisotopic (exact) mass is 208 g/mol. The van der Waals surface area contributed by atoms with Gasteiger partial charge < -0.3 is 0 Å². The molecule has 0 saturated heterocycles. The van der Waals surface area contributed by atoms with Crippen molar-refractivity contribution in [2.75, 3.05) is 6.54 Å². The molecule has 0 N–H and O–H groups in total. The third-order valence-electron chi connectivity index (χ3n) is 3.25. The fourth-order valence-electron chi connectivity index (χ4n) is 2.28. The highest BCUT2D eigenvalue weighted by Gasteiger charge is 2.34. The predicted octanol–water partition coefficient (Wildman–Crippen LogP) is 2.00. The smallest absolute Gasteiger partial charge is 0.211 e. The summed E-state index contributed by atoms with van der Waals surface area (Å²) in [5.41, 5.74) is -0.556. The van der Waals surface area contributed by atoms with Gasteiger partial charge in [-0.15, -0.1) is 0 Å². The highest BCUT2D eigenvalue weighted by atomic mass is 16.1. The van der Waals surface area contributed by atoms with Gasteiger partial charge in [-0.05, 0) is 25.7 Å². The van der Waals surface area contributed by atoms with Gasteiger partial charge in [-0.25, -0.2) is 14.6 Å². The third kappa shape index (κ3) is 3.12. The van der Waals surface area contributed by atoms with Crippen LogP contribution in [0.1, 0.15) is 39.0 Å². The van der Waals surface area contributed by atoms with Crippen molar-refractivity contribution < 1.29 is 9.59 Å². The Labute approximate surface area is 89.5 Å². The molecule has 1 unspecified atom stereocenters. The zero-order chi connectivity index (χ0) is 11.1. The Balaban J connectivity index is 2.77. The van der Waals surface area contributed by atoms with E-state index in [2.05, 4.69) is 9.98 Å². The molecule has 4 heteroatoms. The van der Waals surface area contributed by atoms with Crippen molar-refractivity contribution in [1.82, 2.24) is 0 Å². The fraction of sp³-hybridized carbons (Fsp3) is 0.818. The van der Waals surface area contributed by atoms with E-state index in [1.165, 1.54) is 25.3 Å². The van der Waals surface area contributed by atoms with E-state index in [0.29, 0.717) is 5.92 Å². The van der Waals surface area contributed by atoms with E-state index in [1.54, 1.807) is 6.08 Å². The summed E-state index contributed by atoms with van der Waals surface area (Å²) in [5, 5.41) is 0. The van der Waals surface area contributed by atoms with Crippen molar-refractivity contribution in [3.63, 3.8) is 0 Å². The van der Waals surface area contributed by atoms with Crippen LogP contribution in [-0.4, -0.2) is 24.2 Å². The first-order valence-corrected chi connectivity index (χ1v) is 5.35. The van der Waals surface area contributed by atoms with Gasteiger partial charge in [-0.2, -0.15) is 4.99 Å². The molecular formula is C11H16N2O2. The quantitative estimate of drug-likeness (QED) is 0.524. The van der Waals surface area contributed by atoms with Gasteiger partial charge in [0, 0.05) is 0 Å². The maximum Gasteiger partial charge on any atom is 0.235 e. The molecule has 0 heterocycles. The van der Waals surface area contributed by atoms with Crippen LogP contribution in [0.3, 0.4) is 0 Å². The first-order chi connectivity index (χ1) is 7.23. The van der Waals surface area contributed by atoms with Gasteiger partial charge in [-0.3, -0.25) is 0 Å². The normalized spacial score (nSPS) is 20.9. The Morgan fingerprint density at radius 2 is 1.87 bits per heavy atom. The molecule has 0 aliphatic heterocycles. The first kappa shape index (κ1) is 11.8. The number of hydrogen-bond donors (Lipinski definition) is 0. The zero-order valence-electron chi connectivity index (χ0n) is 9.03. The molecule has 0 aromatic carbocycles. The van der Waals surface area contributed by atoms with Crippen molar-refractivity contribution in [2.24, 2.45) is 15.9 Å². The lowest BCUT2D eigenvalue weighted by Crippen LogP contribution is -2.37. The summed E-state index contributed by atoms with van der Waals surface area (Å²) in [4.78, 5) is 27.9. The molecule has 0 amide bonds. The summed E-state index contributed by atoms with van der Waals surface area (Å²) < 4.78 is 0. The molecule has 1 aliphatic carbocycles. The Morgan fingerprint density at radius 1 is 1.20 bits per heavy atom. The molecule has 0 aromatic heterocycles. The van der Waals surface area contributed by atoms with Crippen LogP contribution >= 0.6 is 0 Å². The molecule has 1 saturated carbocycles. The lowest BCUT2D eigenvalue weighted by molar-refractivity contribution is 0.230. The minimum absolute atomic E-state index is 0.246. The maximum atomic E-state index is 10.4. The number of carbonyl (C=O) groups excluding carboxylic acids is 2. The maximum absolute atomic E-state index is 10.4. The molecular weight excluding hydrogens is 192 g/mol. The van der Waals surface area contributed by atoms with Crippen molar-refractivity contribution in [3.8, 4) is 0 Å². The molecule has 82 valence electrons. The van der Waals surface area contributed by atoms with Gasteiger partial charge >= 0.3 is 0 Å². The fourth-order valence-corrected chi connectivity index (χ4v) is 2.28. The highest BCUT2D eigenvalue weighted by Crippen LogP contribution is 2.35. The van der Waals surface area contributed by atoms with Crippen molar-refractivity contribution in [1.29, 1.82) is 0 Å². The summed E-state index contributed by atoms with van der Waals surface area (Å²) in [6.07, 6.45) is 8.79. The Bertz CT molecular complexity index is 298. The van der Waals surface area contributed by atoms with Crippen molar-refractivity contribution in [2.45, 2.75) is 44.6 Å². The Hall–Kier alpha value is -1.24. The third-order valence-corrected chi connectivity index (χ3v) is 3.25. The highest BCUT2D eigenvalue weighted by molar-refractivity contribution is 5.36. The minimum Gasteiger partial charge on any atom is -0.211 e. The summed E-state index contributed by atoms with van der Waals surface area (Å²) in [5.74, 6) is 0.338.